The fraction of sp³-hybridized carbons (Fsp3) is 0.923. The molecule has 0 aromatic rings. The topological polar surface area (TPSA) is 38.3 Å². The Bertz CT molecular complexity index is 254. The fourth-order valence-corrected chi connectivity index (χ4v) is 3.61. The molecule has 0 aromatic carbocycles. The van der Waals surface area contributed by atoms with Gasteiger partial charge in [0.25, 0.3) is 0 Å². The number of hydrogen-bond donors (Lipinski definition) is 1. The van der Waals surface area contributed by atoms with Crippen molar-refractivity contribution in [2.45, 2.75) is 43.4 Å². The standard InChI is InChI=1S/C13H22BrNO2/c14-12-3-1-2-10(8-12)9-15-13(16)11-4-6-17-7-5-11/h10-12H,1-9H2,(H,15,16). The molecule has 4 heteroatoms. The molecule has 1 saturated carbocycles. The van der Waals surface area contributed by atoms with E-state index in [0.717, 1.165) is 32.6 Å². The van der Waals surface area contributed by atoms with E-state index in [2.05, 4.69) is 21.2 Å². The minimum atomic E-state index is 0.187. The van der Waals surface area contributed by atoms with Crippen molar-refractivity contribution < 1.29 is 9.53 Å². The van der Waals surface area contributed by atoms with E-state index in [0.29, 0.717) is 10.7 Å². The van der Waals surface area contributed by atoms with Crippen molar-refractivity contribution in [3.05, 3.63) is 0 Å². The number of nitrogens with one attached hydrogen (secondary N) is 1. The molecule has 1 amide bonds. The summed E-state index contributed by atoms with van der Waals surface area (Å²) in [6, 6.07) is 0. The second kappa shape index (κ2) is 6.74. The van der Waals surface area contributed by atoms with Gasteiger partial charge in [0.05, 0.1) is 0 Å². The normalized spacial score (nSPS) is 31.1. The SMILES string of the molecule is O=C(NCC1CCCC(Br)C1)C1CCOCC1. The van der Waals surface area contributed by atoms with Crippen LogP contribution in [0.25, 0.3) is 0 Å². The lowest BCUT2D eigenvalue weighted by atomic mass is 9.89. The lowest BCUT2D eigenvalue weighted by molar-refractivity contribution is -0.128. The second-order valence-corrected chi connectivity index (χ2v) is 6.56. The van der Waals surface area contributed by atoms with E-state index in [1.807, 2.05) is 0 Å². The van der Waals surface area contributed by atoms with Crippen LogP contribution in [0.2, 0.25) is 0 Å². The summed E-state index contributed by atoms with van der Waals surface area (Å²) in [4.78, 5) is 12.6. The van der Waals surface area contributed by atoms with Gasteiger partial charge < -0.3 is 10.1 Å². The third kappa shape index (κ3) is 4.25. The van der Waals surface area contributed by atoms with Gasteiger partial charge in [-0.15, -0.1) is 0 Å². The highest BCUT2D eigenvalue weighted by Crippen LogP contribution is 2.28. The van der Waals surface area contributed by atoms with E-state index < -0.39 is 0 Å². The van der Waals surface area contributed by atoms with Crippen LogP contribution in [0.5, 0.6) is 0 Å². The number of alkyl halides is 1. The average molecular weight is 304 g/mol. The molecule has 17 heavy (non-hydrogen) atoms. The molecule has 98 valence electrons. The number of hydrogen-bond acceptors (Lipinski definition) is 2. The molecule has 2 fully saturated rings. The first-order valence-corrected chi connectivity index (χ1v) is 7.67. The van der Waals surface area contributed by atoms with Crippen molar-refractivity contribution in [3.63, 3.8) is 0 Å². The highest BCUT2D eigenvalue weighted by molar-refractivity contribution is 9.09. The Labute approximate surface area is 112 Å². The summed E-state index contributed by atoms with van der Waals surface area (Å²) in [5, 5.41) is 3.13. The number of amides is 1. The fourth-order valence-electron chi connectivity index (χ4n) is 2.76. The van der Waals surface area contributed by atoms with Crippen molar-refractivity contribution >= 4 is 21.8 Å². The minimum absolute atomic E-state index is 0.187. The number of halogens is 1. The molecule has 1 aliphatic heterocycles. The lowest BCUT2D eigenvalue weighted by Crippen LogP contribution is -2.38. The zero-order valence-corrected chi connectivity index (χ0v) is 11.9. The van der Waals surface area contributed by atoms with Gasteiger partial charge >= 0.3 is 0 Å². The Morgan fingerprint density at radius 1 is 1.24 bits per heavy atom. The lowest BCUT2D eigenvalue weighted by Gasteiger charge is -2.27. The Morgan fingerprint density at radius 2 is 2.00 bits per heavy atom. The Kier molecular flexibility index (Phi) is 5.29. The predicted molar refractivity (Wildman–Crippen MR) is 71.2 cm³/mol. The van der Waals surface area contributed by atoms with Crippen molar-refractivity contribution in [2.75, 3.05) is 19.8 Å². The van der Waals surface area contributed by atoms with Crippen LogP contribution < -0.4 is 5.32 Å². The quantitative estimate of drug-likeness (QED) is 0.814. The predicted octanol–water partition coefficient (Wildman–Crippen LogP) is 2.48. The largest absolute Gasteiger partial charge is 0.381 e. The zero-order chi connectivity index (χ0) is 12.1. The Balaban J connectivity index is 1.68. The van der Waals surface area contributed by atoms with Crippen LogP contribution in [-0.2, 0) is 9.53 Å². The molecule has 2 unspecified atom stereocenters. The highest BCUT2D eigenvalue weighted by atomic mass is 79.9. The van der Waals surface area contributed by atoms with Crippen molar-refractivity contribution in [3.8, 4) is 0 Å². The molecular formula is C13H22BrNO2. The first kappa shape index (κ1) is 13.3. The Hall–Kier alpha value is -0.0900. The van der Waals surface area contributed by atoms with Crippen LogP contribution in [-0.4, -0.2) is 30.5 Å². The van der Waals surface area contributed by atoms with Crippen LogP contribution in [0.1, 0.15) is 38.5 Å². The number of carbonyl (C=O) groups excluding carboxylic acids is 1. The summed E-state index contributed by atoms with van der Waals surface area (Å²) in [5.41, 5.74) is 0. The van der Waals surface area contributed by atoms with Crippen LogP contribution in [0.3, 0.4) is 0 Å². The van der Waals surface area contributed by atoms with Crippen molar-refractivity contribution in [2.24, 2.45) is 11.8 Å². The summed E-state index contributed by atoms with van der Waals surface area (Å²) in [6.45, 7) is 2.34. The summed E-state index contributed by atoms with van der Waals surface area (Å²) >= 11 is 3.68. The van der Waals surface area contributed by atoms with Gasteiger partial charge in [-0.1, -0.05) is 22.4 Å². The second-order valence-electron chi connectivity index (χ2n) is 5.26. The molecule has 2 rings (SSSR count). The minimum Gasteiger partial charge on any atom is -0.381 e. The summed E-state index contributed by atoms with van der Waals surface area (Å²) in [6.07, 6.45) is 6.80. The van der Waals surface area contributed by atoms with Crippen LogP contribution in [0, 0.1) is 11.8 Å². The van der Waals surface area contributed by atoms with E-state index in [1.165, 1.54) is 25.7 Å². The summed E-state index contributed by atoms with van der Waals surface area (Å²) in [5.74, 6) is 1.09. The van der Waals surface area contributed by atoms with Gasteiger partial charge in [0.15, 0.2) is 0 Å². The number of ether oxygens (including phenoxy) is 1. The van der Waals surface area contributed by atoms with Gasteiger partial charge in [-0.05, 0) is 38.0 Å². The van der Waals surface area contributed by atoms with Crippen LogP contribution in [0.15, 0.2) is 0 Å². The van der Waals surface area contributed by atoms with E-state index >= 15 is 0 Å². The zero-order valence-electron chi connectivity index (χ0n) is 10.3. The molecular weight excluding hydrogens is 282 g/mol. The van der Waals surface area contributed by atoms with Gasteiger partial charge in [0, 0.05) is 30.5 Å². The van der Waals surface area contributed by atoms with Gasteiger partial charge in [0.2, 0.25) is 5.91 Å². The van der Waals surface area contributed by atoms with E-state index in [9.17, 15) is 4.79 Å². The van der Waals surface area contributed by atoms with E-state index in [-0.39, 0.29) is 11.8 Å². The monoisotopic (exact) mass is 303 g/mol. The number of carbonyl (C=O) groups is 1. The third-order valence-electron chi connectivity index (χ3n) is 3.88. The maximum Gasteiger partial charge on any atom is 0.223 e. The summed E-state index contributed by atoms with van der Waals surface area (Å²) in [7, 11) is 0. The molecule has 2 atom stereocenters. The maximum atomic E-state index is 11.9. The molecule has 0 bridgehead atoms. The molecule has 1 heterocycles. The van der Waals surface area contributed by atoms with E-state index in [1.54, 1.807) is 0 Å². The van der Waals surface area contributed by atoms with Gasteiger partial charge in [0.1, 0.15) is 0 Å². The van der Waals surface area contributed by atoms with E-state index in [4.69, 9.17) is 4.74 Å². The van der Waals surface area contributed by atoms with Gasteiger partial charge in [-0.2, -0.15) is 0 Å². The molecule has 1 aliphatic carbocycles. The van der Waals surface area contributed by atoms with Crippen LogP contribution in [0.4, 0.5) is 0 Å². The maximum absolute atomic E-state index is 11.9. The van der Waals surface area contributed by atoms with Gasteiger partial charge in [-0.25, -0.2) is 0 Å². The van der Waals surface area contributed by atoms with Crippen LogP contribution >= 0.6 is 15.9 Å². The average Bonchev–Trinajstić information content (AvgIpc) is 2.37. The molecule has 0 radical (unpaired) electrons. The van der Waals surface area contributed by atoms with Gasteiger partial charge in [-0.3, -0.25) is 4.79 Å². The first-order valence-electron chi connectivity index (χ1n) is 6.75. The molecule has 1 N–H and O–H groups in total. The van der Waals surface area contributed by atoms with Crippen molar-refractivity contribution in [1.29, 1.82) is 0 Å². The van der Waals surface area contributed by atoms with Crippen molar-refractivity contribution in [1.82, 2.24) is 5.32 Å². The molecule has 0 spiro atoms. The summed E-state index contributed by atoms with van der Waals surface area (Å²) < 4.78 is 5.27. The first-order chi connectivity index (χ1) is 8.25. The number of rotatable bonds is 3. The molecule has 3 nitrogen and oxygen atoms in total. The Morgan fingerprint density at radius 3 is 2.71 bits per heavy atom. The third-order valence-corrected chi connectivity index (χ3v) is 4.71. The highest BCUT2D eigenvalue weighted by Gasteiger charge is 2.24. The molecule has 0 aromatic heterocycles. The molecule has 2 aliphatic rings. The molecule has 1 saturated heterocycles. The smallest absolute Gasteiger partial charge is 0.223 e.